The quantitative estimate of drug-likeness (QED) is 0.544. The van der Waals surface area contributed by atoms with E-state index < -0.39 is 5.92 Å². The van der Waals surface area contributed by atoms with E-state index in [1.54, 1.807) is 6.08 Å². The number of aromatic nitrogens is 1. The van der Waals surface area contributed by atoms with Gasteiger partial charge in [-0.25, -0.2) is 8.78 Å². The zero-order valence-corrected chi connectivity index (χ0v) is 15.3. The number of rotatable bonds is 3. The van der Waals surface area contributed by atoms with Crippen molar-refractivity contribution in [2.24, 2.45) is 5.73 Å². The minimum atomic E-state index is -2.60. The summed E-state index contributed by atoms with van der Waals surface area (Å²) in [7, 11) is 0. The van der Waals surface area contributed by atoms with Crippen LogP contribution in [-0.4, -0.2) is 10.9 Å². The molecule has 1 heterocycles. The van der Waals surface area contributed by atoms with Gasteiger partial charge in [-0.2, -0.15) is 0 Å². The number of nitrogens with two attached hydrogens (primary N) is 2. The number of H-pyrrole nitrogens is 1. The van der Waals surface area contributed by atoms with E-state index in [1.165, 1.54) is 0 Å². The summed E-state index contributed by atoms with van der Waals surface area (Å²) in [4.78, 5) is 3.43. The van der Waals surface area contributed by atoms with Crippen LogP contribution in [0.2, 0.25) is 0 Å². The normalized spacial score (nSPS) is 16.5. The fourth-order valence-electron chi connectivity index (χ4n) is 3.84. The fourth-order valence-corrected chi connectivity index (χ4v) is 3.84. The van der Waals surface area contributed by atoms with Gasteiger partial charge in [0.25, 0.3) is 5.92 Å². The third-order valence-electron chi connectivity index (χ3n) is 5.52. The lowest BCUT2D eigenvalue weighted by molar-refractivity contribution is -0.00605. The van der Waals surface area contributed by atoms with E-state index in [9.17, 15) is 8.78 Å². The van der Waals surface area contributed by atoms with Gasteiger partial charge in [-0.15, -0.1) is 0 Å². The average Bonchev–Trinajstić information content (AvgIpc) is 3.08. The monoisotopic (exact) mass is 367 g/mol. The van der Waals surface area contributed by atoms with Gasteiger partial charge in [-0.05, 0) is 53.3 Å². The van der Waals surface area contributed by atoms with E-state index in [0.29, 0.717) is 13.0 Å². The Morgan fingerprint density at radius 3 is 2.67 bits per heavy atom. The molecule has 140 valence electrons. The number of hydrogen-bond donors (Lipinski definition) is 3. The molecule has 2 aromatic carbocycles. The molecule has 0 aliphatic heterocycles. The zero-order chi connectivity index (χ0) is 19.2. The highest BCUT2D eigenvalue weighted by atomic mass is 19.3. The Bertz CT molecular complexity index is 1050. The molecule has 0 saturated carbocycles. The van der Waals surface area contributed by atoms with Crippen molar-refractivity contribution < 1.29 is 8.78 Å². The molecule has 0 amide bonds. The summed E-state index contributed by atoms with van der Waals surface area (Å²) < 4.78 is 27.0. The highest BCUT2D eigenvalue weighted by Gasteiger charge is 2.31. The van der Waals surface area contributed by atoms with Crippen LogP contribution in [0.3, 0.4) is 0 Å². The van der Waals surface area contributed by atoms with E-state index in [1.807, 2.05) is 25.1 Å². The largest absolute Gasteiger partial charge is 0.398 e. The van der Waals surface area contributed by atoms with Crippen LogP contribution >= 0.6 is 0 Å². The number of fused-ring (bicyclic) bond motifs is 1. The zero-order valence-electron chi connectivity index (χ0n) is 15.3. The number of allylic oxidation sites excluding steroid dienone is 2. The van der Waals surface area contributed by atoms with Crippen LogP contribution in [0.1, 0.15) is 36.1 Å². The predicted molar refractivity (Wildman–Crippen MR) is 108 cm³/mol. The molecular weight excluding hydrogens is 344 g/mol. The van der Waals surface area contributed by atoms with Crippen molar-refractivity contribution in [1.29, 1.82) is 0 Å². The van der Waals surface area contributed by atoms with E-state index in [4.69, 9.17) is 11.5 Å². The summed E-state index contributed by atoms with van der Waals surface area (Å²) in [6.07, 6.45) is 1.70. The number of alkyl halides is 2. The van der Waals surface area contributed by atoms with Crippen LogP contribution in [0.15, 0.2) is 42.5 Å². The molecule has 0 spiro atoms. The molecule has 0 unspecified atom stereocenters. The SMILES string of the molecule is Cc1c(N)cccc1-c1ccc(CN)c2[nH]c(C3=CCC(F)(F)CC3)cc12. The second-order valence-corrected chi connectivity index (χ2v) is 7.26. The van der Waals surface area contributed by atoms with Crippen molar-refractivity contribution in [3.05, 3.63) is 59.3 Å². The number of benzene rings is 2. The van der Waals surface area contributed by atoms with Crippen LogP contribution in [0.5, 0.6) is 0 Å². The molecule has 3 aromatic rings. The number of nitrogen functional groups attached to an aromatic ring is 1. The van der Waals surface area contributed by atoms with Crippen molar-refractivity contribution in [1.82, 2.24) is 4.98 Å². The van der Waals surface area contributed by atoms with Gasteiger partial charge >= 0.3 is 0 Å². The van der Waals surface area contributed by atoms with Gasteiger partial charge < -0.3 is 16.5 Å². The molecule has 0 saturated heterocycles. The van der Waals surface area contributed by atoms with Gasteiger partial charge in [-0.1, -0.05) is 30.3 Å². The van der Waals surface area contributed by atoms with E-state index in [-0.39, 0.29) is 12.8 Å². The Kier molecular flexibility index (Phi) is 4.27. The molecule has 1 aromatic heterocycles. The van der Waals surface area contributed by atoms with Crippen molar-refractivity contribution in [2.45, 2.75) is 38.7 Å². The summed E-state index contributed by atoms with van der Waals surface area (Å²) in [5.74, 6) is -2.60. The van der Waals surface area contributed by atoms with Crippen molar-refractivity contribution in [3.63, 3.8) is 0 Å². The lowest BCUT2D eigenvalue weighted by Gasteiger charge is -2.20. The molecule has 0 atom stereocenters. The number of hydrogen-bond acceptors (Lipinski definition) is 2. The first-order valence-electron chi connectivity index (χ1n) is 9.17. The summed E-state index contributed by atoms with van der Waals surface area (Å²) in [5, 5.41) is 1.04. The van der Waals surface area contributed by atoms with Gasteiger partial charge in [0, 0.05) is 36.2 Å². The molecule has 4 rings (SSSR count). The fraction of sp³-hybridized carbons (Fsp3) is 0.273. The maximum Gasteiger partial charge on any atom is 0.251 e. The van der Waals surface area contributed by atoms with Gasteiger partial charge in [-0.3, -0.25) is 0 Å². The summed E-state index contributed by atoms with van der Waals surface area (Å²) in [5.41, 5.74) is 19.7. The van der Waals surface area contributed by atoms with Crippen LogP contribution in [-0.2, 0) is 6.54 Å². The van der Waals surface area contributed by atoms with E-state index in [2.05, 4.69) is 23.2 Å². The van der Waals surface area contributed by atoms with Crippen LogP contribution in [0, 0.1) is 6.92 Å². The van der Waals surface area contributed by atoms with Gasteiger partial charge in [0.05, 0.1) is 5.52 Å². The molecule has 0 fully saturated rings. The minimum absolute atomic E-state index is 0.112. The molecule has 1 aliphatic rings. The predicted octanol–water partition coefficient (Wildman–Crippen LogP) is 5.39. The number of nitrogens with one attached hydrogen (secondary N) is 1. The van der Waals surface area contributed by atoms with Crippen LogP contribution in [0.4, 0.5) is 14.5 Å². The van der Waals surface area contributed by atoms with Crippen molar-refractivity contribution in [2.75, 3.05) is 5.73 Å². The molecular formula is C22H23F2N3. The third-order valence-corrected chi connectivity index (χ3v) is 5.52. The topological polar surface area (TPSA) is 67.8 Å². The maximum atomic E-state index is 13.5. The van der Waals surface area contributed by atoms with E-state index >= 15 is 0 Å². The number of aromatic amines is 1. The summed E-state index contributed by atoms with van der Waals surface area (Å²) >= 11 is 0. The Morgan fingerprint density at radius 1 is 1.15 bits per heavy atom. The molecule has 1 aliphatic carbocycles. The maximum absolute atomic E-state index is 13.5. The second-order valence-electron chi connectivity index (χ2n) is 7.26. The number of anilines is 1. The first-order valence-corrected chi connectivity index (χ1v) is 9.17. The smallest absolute Gasteiger partial charge is 0.251 e. The molecule has 0 bridgehead atoms. The minimum Gasteiger partial charge on any atom is -0.398 e. The average molecular weight is 367 g/mol. The number of halogens is 2. The first-order chi connectivity index (χ1) is 12.9. The Labute approximate surface area is 157 Å². The van der Waals surface area contributed by atoms with Crippen LogP contribution in [0.25, 0.3) is 27.6 Å². The van der Waals surface area contributed by atoms with E-state index in [0.717, 1.165) is 50.1 Å². The van der Waals surface area contributed by atoms with Gasteiger partial charge in [0.2, 0.25) is 0 Å². The Balaban J connectivity index is 1.89. The lowest BCUT2D eigenvalue weighted by atomic mass is 9.93. The second kappa shape index (κ2) is 6.50. The van der Waals surface area contributed by atoms with Crippen LogP contribution < -0.4 is 11.5 Å². The van der Waals surface area contributed by atoms with Crippen molar-refractivity contribution >= 4 is 22.2 Å². The van der Waals surface area contributed by atoms with Gasteiger partial charge in [0.1, 0.15) is 0 Å². The highest BCUT2D eigenvalue weighted by molar-refractivity contribution is 6.00. The molecule has 5 heteroatoms. The lowest BCUT2D eigenvalue weighted by Crippen LogP contribution is -2.18. The first kappa shape index (κ1) is 17.7. The Morgan fingerprint density at radius 2 is 1.96 bits per heavy atom. The standard InChI is InChI=1S/C22H23F2N3/c1-13-16(3-2-4-19(13)26)17-6-5-15(12-25)21-18(17)11-20(27-21)14-7-9-22(23,24)10-8-14/h2-7,11,27H,8-10,12,25-26H2,1H3. The third kappa shape index (κ3) is 3.12. The summed E-state index contributed by atoms with van der Waals surface area (Å²) in [6, 6.07) is 12.0. The summed E-state index contributed by atoms with van der Waals surface area (Å²) in [6.45, 7) is 2.41. The molecule has 3 nitrogen and oxygen atoms in total. The van der Waals surface area contributed by atoms with Crippen molar-refractivity contribution in [3.8, 4) is 11.1 Å². The van der Waals surface area contributed by atoms with Gasteiger partial charge in [0.15, 0.2) is 0 Å². The molecule has 27 heavy (non-hydrogen) atoms. The highest BCUT2D eigenvalue weighted by Crippen LogP contribution is 2.39. The molecule has 5 N–H and O–H groups in total. The Hall–Kier alpha value is -2.66. The molecule has 0 radical (unpaired) electrons.